The number of hydrogen-bond donors (Lipinski definition) is 0. The second kappa shape index (κ2) is 4.96. The molecular formula is C13H16OSe. The van der Waals surface area contributed by atoms with Gasteiger partial charge in [-0.3, -0.25) is 0 Å². The molecule has 0 aromatic heterocycles. The number of rotatable bonds is 3. The van der Waals surface area contributed by atoms with Crippen LogP contribution < -0.4 is 4.46 Å². The van der Waals surface area contributed by atoms with E-state index in [9.17, 15) is 4.79 Å². The minimum absolute atomic E-state index is 0.00655. The molecule has 1 saturated carbocycles. The van der Waals surface area contributed by atoms with E-state index in [0.29, 0.717) is 15.0 Å². The van der Waals surface area contributed by atoms with E-state index in [0.717, 1.165) is 12.8 Å². The normalized spacial score (nSPS) is 19.7. The first-order chi connectivity index (χ1) is 7.35. The van der Waals surface area contributed by atoms with Crippen LogP contribution in [0.4, 0.5) is 0 Å². The van der Waals surface area contributed by atoms with Gasteiger partial charge in [0.15, 0.2) is 0 Å². The van der Waals surface area contributed by atoms with E-state index < -0.39 is 0 Å². The quantitative estimate of drug-likeness (QED) is 0.607. The van der Waals surface area contributed by atoms with Crippen molar-refractivity contribution in [3.63, 3.8) is 0 Å². The summed E-state index contributed by atoms with van der Waals surface area (Å²) in [6.07, 6.45) is 7.21. The van der Waals surface area contributed by atoms with E-state index in [1.54, 1.807) is 0 Å². The molecule has 1 aliphatic carbocycles. The number of benzene rings is 1. The topological polar surface area (TPSA) is 17.1 Å². The van der Waals surface area contributed by atoms with Crippen LogP contribution in [0, 0.1) is 0 Å². The van der Waals surface area contributed by atoms with Crippen LogP contribution in [0.15, 0.2) is 30.3 Å². The molecule has 15 heavy (non-hydrogen) atoms. The van der Waals surface area contributed by atoms with E-state index in [1.807, 2.05) is 6.07 Å². The van der Waals surface area contributed by atoms with Crippen LogP contribution in [0.25, 0.3) is 0 Å². The first kappa shape index (κ1) is 10.9. The second-order valence-corrected chi connectivity index (χ2v) is 7.28. The Kier molecular flexibility index (Phi) is 3.61. The van der Waals surface area contributed by atoms with Crippen molar-refractivity contribution < 1.29 is 4.79 Å². The average molecular weight is 267 g/mol. The number of hydrogen-bond acceptors (Lipinski definition) is 1. The molecule has 0 saturated heterocycles. The molecule has 0 bridgehead atoms. The Morgan fingerprint density at radius 1 is 1.07 bits per heavy atom. The van der Waals surface area contributed by atoms with E-state index >= 15 is 0 Å². The molecule has 0 aliphatic heterocycles. The zero-order valence-electron chi connectivity index (χ0n) is 8.82. The summed E-state index contributed by atoms with van der Waals surface area (Å²) in [6.45, 7) is 0. The standard InChI is InChI=1S/C13H16OSe/c14-11-13(9-5-2-6-10-13)15-12-7-3-1-4-8-12/h1,3-4,7-8,11H,2,5-6,9-10H2. The Bertz CT molecular complexity index is 315. The summed E-state index contributed by atoms with van der Waals surface area (Å²) in [6, 6.07) is 10.5. The van der Waals surface area contributed by atoms with Gasteiger partial charge in [-0.25, -0.2) is 0 Å². The van der Waals surface area contributed by atoms with E-state index in [2.05, 4.69) is 24.3 Å². The van der Waals surface area contributed by atoms with Crippen molar-refractivity contribution in [2.75, 3.05) is 0 Å². The van der Waals surface area contributed by atoms with Crippen LogP contribution in [0.5, 0.6) is 0 Å². The van der Waals surface area contributed by atoms with Gasteiger partial charge in [-0.05, 0) is 0 Å². The zero-order chi connectivity index (χ0) is 10.6. The predicted molar refractivity (Wildman–Crippen MR) is 63.7 cm³/mol. The Balaban J connectivity index is 2.10. The molecular weight excluding hydrogens is 251 g/mol. The van der Waals surface area contributed by atoms with Gasteiger partial charge in [-0.15, -0.1) is 0 Å². The fourth-order valence-electron chi connectivity index (χ4n) is 2.12. The van der Waals surface area contributed by atoms with Crippen molar-refractivity contribution in [3.05, 3.63) is 30.3 Å². The molecule has 0 unspecified atom stereocenters. The number of carbonyl (C=O) groups is 1. The Morgan fingerprint density at radius 2 is 1.73 bits per heavy atom. The summed E-state index contributed by atoms with van der Waals surface area (Å²) < 4.78 is 1.37. The molecule has 0 N–H and O–H groups in total. The van der Waals surface area contributed by atoms with E-state index in [4.69, 9.17) is 0 Å². The summed E-state index contributed by atoms with van der Waals surface area (Å²) in [4.78, 5) is 11.3. The zero-order valence-corrected chi connectivity index (χ0v) is 10.5. The van der Waals surface area contributed by atoms with Gasteiger partial charge in [0.1, 0.15) is 0 Å². The fourth-order valence-corrected chi connectivity index (χ4v) is 4.85. The molecule has 1 nitrogen and oxygen atoms in total. The Morgan fingerprint density at radius 3 is 2.33 bits per heavy atom. The molecule has 2 rings (SSSR count). The number of aldehydes is 1. The summed E-state index contributed by atoms with van der Waals surface area (Å²) >= 11 is 0.316. The predicted octanol–water partition coefficient (Wildman–Crippen LogP) is 2.34. The van der Waals surface area contributed by atoms with Crippen LogP contribution in [-0.2, 0) is 4.79 Å². The monoisotopic (exact) mass is 268 g/mol. The van der Waals surface area contributed by atoms with Crippen LogP contribution >= 0.6 is 0 Å². The van der Waals surface area contributed by atoms with Gasteiger partial charge in [0, 0.05) is 0 Å². The van der Waals surface area contributed by atoms with Crippen molar-refractivity contribution in [1.82, 2.24) is 0 Å². The third-order valence-corrected chi connectivity index (χ3v) is 5.96. The van der Waals surface area contributed by atoms with Crippen molar-refractivity contribution in [2.45, 2.75) is 36.4 Å². The van der Waals surface area contributed by atoms with Crippen molar-refractivity contribution >= 4 is 25.7 Å². The molecule has 1 fully saturated rings. The van der Waals surface area contributed by atoms with Gasteiger partial charge in [-0.1, -0.05) is 0 Å². The maximum atomic E-state index is 11.3. The average Bonchev–Trinajstić information content (AvgIpc) is 2.32. The maximum absolute atomic E-state index is 11.3. The summed E-state index contributed by atoms with van der Waals surface area (Å²) in [5.41, 5.74) is 0. The molecule has 0 spiro atoms. The summed E-state index contributed by atoms with van der Waals surface area (Å²) in [5, 5.41) is 0. The van der Waals surface area contributed by atoms with E-state index in [-0.39, 0.29) is 4.31 Å². The van der Waals surface area contributed by atoms with E-state index in [1.165, 1.54) is 30.0 Å². The van der Waals surface area contributed by atoms with Gasteiger partial charge >= 0.3 is 97.2 Å². The second-order valence-electron chi connectivity index (χ2n) is 4.16. The fraction of sp³-hybridized carbons (Fsp3) is 0.462. The molecule has 0 radical (unpaired) electrons. The first-order valence-corrected chi connectivity index (χ1v) is 7.26. The Hall–Kier alpha value is -0.591. The van der Waals surface area contributed by atoms with Gasteiger partial charge in [-0.2, -0.15) is 0 Å². The molecule has 2 heteroatoms. The third-order valence-electron chi connectivity index (χ3n) is 2.98. The van der Waals surface area contributed by atoms with Crippen molar-refractivity contribution in [3.8, 4) is 0 Å². The molecule has 80 valence electrons. The van der Waals surface area contributed by atoms with Gasteiger partial charge < -0.3 is 0 Å². The minimum atomic E-state index is 0.00655. The van der Waals surface area contributed by atoms with Gasteiger partial charge in [0.25, 0.3) is 0 Å². The number of carbonyl (C=O) groups excluding carboxylic acids is 1. The SMILES string of the molecule is O=CC1([Se]c2ccccc2)CCCCC1. The molecule has 1 aromatic carbocycles. The summed E-state index contributed by atoms with van der Waals surface area (Å²) in [7, 11) is 0. The van der Waals surface area contributed by atoms with Crippen LogP contribution in [0.3, 0.4) is 0 Å². The molecule has 1 aromatic rings. The molecule has 0 atom stereocenters. The van der Waals surface area contributed by atoms with Crippen LogP contribution in [-0.4, -0.2) is 21.2 Å². The summed E-state index contributed by atoms with van der Waals surface area (Å²) in [5.74, 6) is 0. The third kappa shape index (κ3) is 2.70. The Labute approximate surface area is 97.4 Å². The molecule has 1 aliphatic rings. The van der Waals surface area contributed by atoms with Gasteiger partial charge in [0.05, 0.1) is 0 Å². The first-order valence-electron chi connectivity index (χ1n) is 5.55. The van der Waals surface area contributed by atoms with Crippen LogP contribution in [0.2, 0.25) is 4.31 Å². The van der Waals surface area contributed by atoms with Gasteiger partial charge in [0.2, 0.25) is 0 Å². The van der Waals surface area contributed by atoms with Crippen molar-refractivity contribution in [2.24, 2.45) is 0 Å². The molecule has 0 amide bonds. The molecule has 0 heterocycles. The van der Waals surface area contributed by atoms with Crippen molar-refractivity contribution in [1.29, 1.82) is 0 Å². The van der Waals surface area contributed by atoms with Crippen LogP contribution in [0.1, 0.15) is 32.1 Å².